The Hall–Kier alpha value is -1.84. The molecule has 0 rings (SSSR count). The Morgan fingerprint density at radius 3 is 1.43 bits per heavy atom. The first kappa shape index (κ1) is 44.2. The van der Waals surface area contributed by atoms with Crippen LogP contribution in [0.15, 0.2) is 36.5 Å². The molecule has 268 valence electrons. The number of rotatable bonds is 36. The molecule has 0 aliphatic carbocycles. The second-order valence-corrected chi connectivity index (χ2v) is 13.4. The van der Waals surface area contributed by atoms with Gasteiger partial charge in [0.25, 0.3) is 0 Å². The van der Waals surface area contributed by atoms with Crippen molar-refractivity contribution in [3.05, 3.63) is 36.5 Å². The van der Waals surface area contributed by atoms with E-state index in [0.29, 0.717) is 12.8 Å². The van der Waals surface area contributed by atoms with Gasteiger partial charge < -0.3 is 9.84 Å². The largest absolute Gasteiger partial charge is 0.481 e. The normalized spacial score (nSPS) is 12.6. The number of allylic oxidation sites excluding steroid dienone is 6. The molecule has 0 bridgehead atoms. The third-order valence-corrected chi connectivity index (χ3v) is 8.88. The Kier molecular flexibility index (Phi) is 36.1. The van der Waals surface area contributed by atoms with Gasteiger partial charge in [-0.2, -0.15) is 0 Å². The smallest absolute Gasteiger partial charge is 0.306 e. The summed E-state index contributed by atoms with van der Waals surface area (Å²) in [5.74, 6) is -0.770. The van der Waals surface area contributed by atoms with Crippen LogP contribution in [0.5, 0.6) is 0 Å². The third-order valence-electron chi connectivity index (χ3n) is 8.88. The molecule has 0 saturated heterocycles. The van der Waals surface area contributed by atoms with E-state index in [1.54, 1.807) is 0 Å². The van der Waals surface area contributed by atoms with Gasteiger partial charge in [0.05, 0.1) is 0 Å². The average Bonchev–Trinajstić information content (AvgIpc) is 3.04. The van der Waals surface area contributed by atoms with E-state index >= 15 is 0 Å². The number of carboxylic acid groups (broad SMARTS) is 1. The lowest BCUT2D eigenvalue weighted by Crippen LogP contribution is -2.18. The molecule has 0 aliphatic rings. The van der Waals surface area contributed by atoms with Gasteiger partial charge in [-0.3, -0.25) is 9.59 Å². The maximum absolute atomic E-state index is 12.6. The van der Waals surface area contributed by atoms with Crippen LogP contribution in [0, 0.1) is 0 Å². The molecule has 46 heavy (non-hydrogen) atoms. The number of hydrogen-bond donors (Lipinski definition) is 1. The summed E-state index contributed by atoms with van der Waals surface area (Å²) in [5, 5.41) is 8.90. The summed E-state index contributed by atoms with van der Waals surface area (Å²) < 4.78 is 5.94. The number of hydrogen-bond acceptors (Lipinski definition) is 3. The molecular formula is C42H76O4. The summed E-state index contributed by atoms with van der Waals surface area (Å²) in [6.45, 7) is 4.44. The van der Waals surface area contributed by atoms with Crippen molar-refractivity contribution in [3.63, 3.8) is 0 Å². The topological polar surface area (TPSA) is 63.6 Å². The van der Waals surface area contributed by atoms with Gasteiger partial charge in [0.1, 0.15) is 6.10 Å². The summed E-state index contributed by atoms with van der Waals surface area (Å²) in [7, 11) is 0. The van der Waals surface area contributed by atoms with Gasteiger partial charge in [0.15, 0.2) is 0 Å². The summed E-state index contributed by atoms with van der Waals surface area (Å²) in [5.41, 5.74) is 0. The molecule has 0 aromatic rings. The van der Waals surface area contributed by atoms with Gasteiger partial charge in [-0.05, 0) is 70.6 Å². The van der Waals surface area contributed by atoms with E-state index in [1.807, 2.05) is 0 Å². The fourth-order valence-corrected chi connectivity index (χ4v) is 5.96. The lowest BCUT2D eigenvalue weighted by molar-refractivity contribution is -0.150. The van der Waals surface area contributed by atoms with E-state index in [9.17, 15) is 9.59 Å². The van der Waals surface area contributed by atoms with Crippen molar-refractivity contribution in [1.29, 1.82) is 0 Å². The number of carbonyl (C=O) groups excluding carboxylic acids is 1. The van der Waals surface area contributed by atoms with Crippen LogP contribution in [-0.2, 0) is 14.3 Å². The highest BCUT2D eigenvalue weighted by Crippen LogP contribution is 2.19. The Morgan fingerprint density at radius 2 is 0.913 bits per heavy atom. The highest BCUT2D eigenvalue weighted by molar-refractivity contribution is 5.69. The zero-order chi connectivity index (χ0) is 33.6. The van der Waals surface area contributed by atoms with Crippen molar-refractivity contribution in [1.82, 2.24) is 0 Å². The van der Waals surface area contributed by atoms with Crippen LogP contribution in [0.3, 0.4) is 0 Å². The van der Waals surface area contributed by atoms with E-state index < -0.39 is 5.97 Å². The summed E-state index contributed by atoms with van der Waals surface area (Å²) >= 11 is 0. The first-order chi connectivity index (χ1) is 22.6. The molecule has 0 fully saturated rings. The van der Waals surface area contributed by atoms with Crippen molar-refractivity contribution in [2.45, 2.75) is 219 Å². The van der Waals surface area contributed by atoms with Crippen LogP contribution in [0.1, 0.15) is 213 Å². The van der Waals surface area contributed by atoms with Crippen molar-refractivity contribution < 1.29 is 19.4 Å². The lowest BCUT2D eigenvalue weighted by Gasteiger charge is -2.18. The maximum atomic E-state index is 12.6. The number of esters is 1. The quantitative estimate of drug-likeness (QED) is 0.0419. The van der Waals surface area contributed by atoms with Crippen LogP contribution < -0.4 is 0 Å². The summed E-state index contributed by atoms with van der Waals surface area (Å²) in [6.07, 6.45) is 48.7. The molecule has 0 spiro atoms. The molecule has 1 unspecified atom stereocenters. The zero-order valence-corrected chi connectivity index (χ0v) is 30.6. The zero-order valence-electron chi connectivity index (χ0n) is 30.6. The van der Waals surface area contributed by atoms with Crippen LogP contribution in [0.25, 0.3) is 0 Å². The Bertz CT molecular complexity index is 738. The molecule has 0 aromatic carbocycles. The van der Waals surface area contributed by atoms with E-state index in [0.717, 1.165) is 70.6 Å². The van der Waals surface area contributed by atoms with E-state index in [4.69, 9.17) is 9.84 Å². The van der Waals surface area contributed by atoms with Gasteiger partial charge in [-0.25, -0.2) is 0 Å². The SMILES string of the molecule is CC/C=C\C/C=C\C/C=C\CCCCCCCC(=O)OC(CCCCCCCCCCCCCCCCC)CCCCCC(=O)O. The predicted octanol–water partition coefficient (Wildman–Crippen LogP) is 13.8. The molecule has 0 aliphatic heterocycles. The maximum Gasteiger partial charge on any atom is 0.306 e. The van der Waals surface area contributed by atoms with E-state index in [2.05, 4.69) is 50.3 Å². The molecule has 1 atom stereocenters. The van der Waals surface area contributed by atoms with Crippen LogP contribution in [-0.4, -0.2) is 23.1 Å². The third kappa shape index (κ3) is 36.6. The van der Waals surface area contributed by atoms with Crippen molar-refractivity contribution >= 4 is 11.9 Å². The van der Waals surface area contributed by atoms with Gasteiger partial charge in [-0.1, -0.05) is 166 Å². The first-order valence-electron chi connectivity index (χ1n) is 20.0. The Morgan fingerprint density at radius 1 is 0.500 bits per heavy atom. The predicted molar refractivity (Wildman–Crippen MR) is 199 cm³/mol. The van der Waals surface area contributed by atoms with Crippen LogP contribution in [0.2, 0.25) is 0 Å². The van der Waals surface area contributed by atoms with Crippen LogP contribution in [0.4, 0.5) is 0 Å². The van der Waals surface area contributed by atoms with Crippen LogP contribution >= 0.6 is 0 Å². The van der Waals surface area contributed by atoms with Gasteiger partial charge in [0.2, 0.25) is 0 Å². The van der Waals surface area contributed by atoms with Crippen molar-refractivity contribution in [2.24, 2.45) is 0 Å². The molecule has 0 heterocycles. The van der Waals surface area contributed by atoms with Gasteiger partial charge >= 0.3 is 11.9 Å². The molecule has 1 N–H and O–H groups in total. The second kappa shape index (κ2) is 37.6. The second-order valence-electron chi connectivity index (χ2n) is 13.4. The number of aliphatic carboxylic acids is 1. The first-order valence-corrected chi connectivity index (χ1v) is 20.0. The fraction of sp³-hybridized carbons (Fsp3) is 0.810. The Labute approximate surface area is 286 Å². The number of ether oxygens (including phenoxy) is 1. The monoisotopic (exact) mass is 645 g/mol. The molecule has 0 saturated carbocycles. The lowest BCUT2D eigenvalue weighted by atomic mass is 10.0. The van der Waals surface area contributed by atoms with E-state index in [1.165, 1.54) is 109 Å². The minimum Gasteiger partial charge on any atom is -0.481 e. The van der Waals surface area contributed by atoms with Crippen molar-refractivity contribution in [2.75, 3.05) is 0 Å². The molecule has 0 amide bonds. The molecule has 0 aromatic heterocycles. The Balaban J connectivity index is 3.97. The number of carbonyl (C=O) groups is 2. The fourth-order valence-electron chi connectivity index (χ4n) is 5.96. The molecule has 0 radical (unpaired) electrons. The summed E-state index contributed by atoms with van der Waals surface area (Å²) in [4.78, 5) is 23.4. The average molecular weight is 645 g/mol. The van der Waals surface area contributed by atoms with Gasteiger partial charge in [0, 0.05) is 12.8 Å². The van der Waals surface area contributed by atoms with E-state index in [-0.39, 0.29) is 18.5 Å². The highest BCUT2D eigenvalue weighted by Gasteiger charge is 2.14. The highest BCUT2D eigenvalue weighted by atomic mass is 16.5. The number of carboxylic acids is 1. The minimum atomic E-state index is -0.726. The molecule has 4 heteroatoms. The van der Waals surface area contributed by atoms with Gasteiger partial charge in [-0.15, -0.1) is 0 Å². The standard InChI is InChI=1S/C42H76O4/c1-3-5-7-9-11-13-15-17-19-21-23-25-27-29-32-36-40(37-33-31-34-38-41(43)44)46-42(45)39-35-30-28-26-24-22-20-18-16-14-12-10-8-6-4-2/h6,8,12,14,18,20,40H,3-5,7,9-11,13,15-17,19,21-39H2,1-2H3,(H,43,44)/b8-6-,14-12-,20-18-. The molecular weight excluding hydrogens is 568 g/mol. The number of unbranched alkanes of at least 4 members (excludes halogenated alkanes) is 21. The molecule has 4 nitrogen and oxygen atoms in total. The van der Waals surface area contributed by atoms with Crippen molar-refractivity contribution in [3.8, 4) is 0 Å². The summed E-state index contributed by atoms with van der Waals surface area (Å²) in [6, 6.07) is 0. The minimum absolute atomic E-state index is 0.00580.